The van der Waals surface area contributed by atoms with E-state index in [1.807, 2.05) is 20.8 Å². The number of carbonyl (C=O) groups is 2. The molecule has 1 aliphatic rings. The van der Waals surface area contributed by atoms with Gasteiger partial charge in [0.1, 0.15) is 5.60 Å². The van der Waals surface area contributed by atoms with Gasteiger partial charge in [0.05, 0.1) is 13.0 Å². The molecule has 1 heterocycles. The highest BCUT2D eigenvalue weighted by atomic mass is 16.6. The summed E-state index contributed by atoms with van der Waals surface area (Å²) in [6, 6.07) is -0.187. The van der Waals surface area contributed by atoms with E-state index in [0.717, 1.165) is 0 Å². The molecule has 2 atom stereocenters. The van der Waals surface area contributed by atoms with Crippen LogP contribution in [0.2, 0.25) is 0 Å². The molecule has 0 spiro atoms. The van der Waals surface area contributed by atoms with Crippen molar-refractivity contribution in [1.29, 1.82) is 0 Å². The summed E-state index contributed by atoms with van der Waals surface area (Å²) in [4.78, 5) is 25.4. The van der Waals surface area contributed by atoms with Crippen LogP contribution in [0.1, 0.15) is 40.0 Å². The first-order valence-corrected chi connectivity index (χ1v) is 6.96. The van der Waals surface area contributed by atoms with Gasteiger partial charge in [-0.1, -0.05) is 0 Å². The number of methoxy groups -OCH3 is 1. The van der Waals surface area contributed by atoms with Crippen molar-refractivity contribution in [2.45, 2.75) is 51.7 Å². The van der Waals surface area contributed by atoms with Crippen LogP contribution in [-0.4, -0.2) is 54.0 Å². The molecule has 0 aliphatic carbocycles. The minimum absolute atomic E-state index is 0.0299. The number of aliphatic hydroxyl groups is 1. The molecule has 0 saturated carbocycles. The first kappa shape index (κ1) is 16.8. The molecule has 6 heteroatoms. The molecule has 0 bridgehead atoms. The maximum atomic E-state index is 12.2. The molecule has 0 aromatic rings. The molecule has 116 valence electrons. The molecule has 1 N–H and O–H groups in total. The second-order valence-corrected chi connectivity index (χ2v) is 6.08. The molecular formula is C14H25NO5. The van der Waals surface area contributed by atoms with Gasteiger partial charge in [0.2, 0.25) is 0 Å². The third-order valence-electron chi connectivity index (χ3n) is 3.34. The number of likely N-dealkylation sites (tertiary alicyclic amines) is 1. The van der Waals surface area contributed by atoms with Crippen LogP contribution >= 0.6 is 0 Å². The zero-order chi connectivity index (χ0) is 15.3. The van der Waals surface area contributed by atoms with Crippen molar-refractivity contribution in [3.8, 4) is 0 Å². The van der Waals surface area contributed by atoms with Crippen molar-refractivity contribution < 1.29 is 24.2 Å². The number of hydrogen-bond donors (Lipinski definition) is 1. The van der Waals surface area contributed by atoms with Gasteiger partial charge in [-0.15, -0.1) is 0 Å². The highest BCUT2D eigenvalue weighted by Gasteiger charge is 2.36. The van der Waals surface area contributed by atoms with Crippen LogP contribution < -0.4 is 0 Å². The number of amides is 1. The lowest BCUT2D eigenvalue weighted by molar-refractivity contribution is -0.148. The van der Waals surface area contributed by atoms with E-state index in [-0.39, 0.29) is 30.6 Å². The molecule has 1 amide bonds. The number of carbonyl (C=O) groups excluding carboxylic acids is 2. The lowest BCUT2D eigenvalue weighted by Gasteiger charge is -2.39. The number of nitrogens with zero attached hydrogens (tertiary/aromatic N) is 1. The Morgan fingerprint density at radius 1 is 1.35 bits per heavy atom. The lowest BCUT2D eigenvalue weighted by Crippen LogP contribution is -2.49. The predicted molar refractivity (Wildman–Crippen MR) is 73.2 cm³/mol. The predicted octanol–water partition coefficient (Wildman–Crippen LogP) is 1.56. The van der Waals surface area contributed by atoms with Gasteiger partial charge in [-0.2, -0.15) is 0 Å². The van der Waals surface area contributed by atoms with Gasteiger partial charge in [0, 0.05) is 19.2 Å². The SMILES string of the molecule is COC(=O)C1CCN(C(=O)OC(C)(C)C)C(CCO)C1. The Balaban J connectivity index is 2.72. The third kappa shape index (κ3) is 4.67. The van der Waals surface area contributed by atoms with Gasteiger partial charge in [0.15, 0.2) is 0 Å². The highest BCUT2D eigenvalue weighted by molar-refractivity contribution is 5.73. The highest BCUT2D eigenvalue weighted by Crippen LogP contribution is 2.27. The Morgan fingerprint density at radius 2 is 2.00 bits per heavy atom. The number of hydrogen-bond acceptors (Lipinski definition) is 5. The zero-order valence-corrected chi connectivity index (χ0v) is 12.7. The van der Waals surface area contributed by atoms with Crippen molar-refractivity contribution in [1.82, 2.24) is 4.90 Å². The van der Waals surface area contributed by atoms with E-state index in [2.05, 4.69) is 0 Å². The van der Waals surface area contributed by atoms with Crippen LogP contribution in [0.15, 0.2) is 0 Å². The monoisotopic (exact) mass is 287 g/mol. The first-order valence-electron chi connectivity index (χ1n) is 6.96. The second-order valence-electron chi connectivity index (χ2n) is 6.08. The Hall–Kier alpha value is -1.30. The zero-order valence-electron chi connectivity index (χ0n) is 12.7. The van der Waals surface area contributed by atoms with Crippen LogP contribution in [0.25, 0.3) is 0 Å². The van der Waals surface area contributed by atoms with Crippen molar-refractivity contribution in [2.75, 3.05) is 20.3 Å². The minimum Gasteiger partial charge on any atom is -0.469 e. The van der Waals surface area contributed by atoms with Crippen molar-refractivity contribution in [3.63, 3.8) is 0 Å². The van der Waals surface area contributed by atoms with E-state index in [1.165, 1.54) is 7.11 Å². The Bertz CT molecular complexity index is 350. The van der Waals surface area contributed by atoms with Gasteiger partial charge < -0.3 is 19.5 Å². The molecule has 20 heavy (non-hydrogen) atoms. The van der Waals surface area contributed by atoms with E-state index in [0.29, 0.717) is 25.8 Å². The topological polar surface area (TPSA) is 76.1 Å². The fourth-order valence-corrected chi connectivity index (χ4v) is 2.42. The van der Waals surface area contributed by atoms with Gasteiger partial charge in [-0.25, -0.2) is 4.79 Å². The van der Waals surface area contributed by atoms with E-state index < -0.39 is 5.60 Å². The average Bonchev–Trinajstić information content (AvgIpc) is 2.36. The molecule has 1 rings (SSSR count). The first-order chi connectivity index (χ1) is 9.28. The Labute approximate surface area is 120 Å². The maximum absolute atomic E-state index is 12.2. The molecule has 1 saturated heterocycles. The van der Waals surface area contributed by atoms with E-state index in [1.54, 1.807) is 4.90 Å². The summed E-state index contributed by atoms with van der Waals surface area (Å²) < 4.78 is 10.1. The lowest BCUT2D eigenvalue weighted by atomic mass is 9.89. The fourth-order valence-electron chi connectivity index (χ4n) is 2.42. The number of ether oxygens (including phenoxy) is 2. The number of piperidine rings is 1. The molecular weight excluding hydrogens is 262 g/mol. The molecule has 0 radical (unpaired) electrons. The van der Waals surface area contributed by atoms with Crippen LogP contribution in [-0.2, 0) is 14.3 Å². The summed E-state index contributed by atoms with van der Waals surface area (Å²) in [6.45, 7) is 5.85. The summed E-state index contributed by atoms with van der Waals surface area (Å²) in [7, 11) is 1.36. The summed E-state index contributed by atoms with van der Waals surface area (Å²) >= 11 is 0. The van der Waals surface area contributed by atoms with Gasteiger partial charge >= 0.3 is 12.1 Å². The minimum atomic E-state index is -0.556. The quantitative estimate of drug-likeness (QED) is 0.797. The van der Waals surface area contributed by atoms with Crippen molar-refractivity contribution in [3.05, 3.63) is 0 Å². The molecule has 0 aromatic carbocycles. The van der Waals surface area contributed by atoms with Crippen LogP contribution in [0.5, 0.6) is 0 Å². The number of rotatable bonds is 3. The number of aliphatic hydroxyl groups excluding tert-OH is 1. The van der Waals surface area contributed by atoms with Gasteiger partial charge in [-0.3, -0.25) is 4.79 Å². The summed E-state index contributed by atoms with van der Waals surface area (Å²) in [5.74, 6) is -0.466. The van der Waals surface area contributed by atoms with Gasteiger partial charge in [-0.05, 0) is 40.0 Å². The van der Waals surface area contributed by atoms with E-state index >= 15 is 0 Å². The smallest absolute Gasteiger partial charge is 0.410 e. The Morgan fingerprint density at radius 3 is 2.50 bits per heavy atom. The molecule has 1 fully saturated rings. The van der Waals surface area contributed by atoms with Crippen molar-refractivity contribution >= 4 is 12.1 Å². The summed E-state index contributed by atoms with van der Waals surface area (Å²) in [5, 5.41) is 9.14. The van der Waals surface area contributed by atoms with Crippen LogP contribution in [0.4, 0.5) is 4.79 Å². The Kier molecular flexibility index (Phi) is 5.80. The van der Waals surface area contributed by atoms with Gasteiger partial charge in [0.25, 0.3) is 0 Å². The normalized spacial score (nSPS) is 23.4. The largest absolute Gasteiger partial charge is 0.469 e. The average molecular weight is 287 g/mol. The van der Waals surface area contributed by atoms with Crippen LogP contribution in [0, 0.1) is 5.92 Å². The summed E-state index contributed by atoms with van der Waals surface area (Å²) in [6.07, 6.45) is 1.12. The fraction of sp³-hybridized carbons (Fsp3) is 0.857. The third-order valence-corrected chi connectivity index (χ3v) is 3.34. The van der Waals surface area contributed by atoms with Crippen LogP contribution in [0.3, 0.4) is 0 Å². The molecule has 6 nitrogen and oxygen atoms in total. The maximum Gasteiger partial charge on any atom is 0.410 e. The molecule has 1 aliphatic heterocycles. The molecule has 0 aromatic heterocycles. The summed E-state index contributed by atoms with van der Waals surface area (Å²) in [5.41, 5.74) is -0.556. The van der Waals surface area contributed by atoms with E-state index in [4.69, 9.17) is 14.6 Å². The second kappa shape index (κ2) is 6.92. The van der Waals surface area contributed by atoms with Crippen molar-refractivity contribution in [2.24, 2.45) is 5.92 Å². The van der Waals surface area contributed by atoms with E-state index in [9.17, 15) is 9.59 Å². The standard InChI is InChI=1S/C14H25NO5/c1-14(2,3)20-13(18)15-7-5-10(12(17)19-4)9-11(15)6-8-16/h10-11,16H,5-9H2,1-4H3. The number of esters is 1. The molecule has 2 unspecified atom stereocenters.